The average Bonchev–Trinajstić information content (AvgIpc) is 3.79. The van der Waals surface area contributed by atoms with Gasteiger partial charge in [-0.25, -0.2) is 42.5 Å². The van der Waals surface area contributed by atoms with Crippen molar-refractivity contribution < 1.29 is 64.6 Å². The first-order chi connectivity index (χ1) is 26.6. The van der Waals surface area contributed by atoms with Crippen LogP contribution in [0.3, 0.4) is 0 Å². The number of aromatic amines is 1. The van der Waals surface area contributed by atoms with E-state index in [-0.39, 0.29) is 28.5 Å². The summed E-state index contributed by atoms with van der Waals surface area (Å²) in [5.41, 5.74) is 4.70. The largest absolute Gasteiger partial charge is 0.514 e. The lowest BCUT2D eigenvalue weighted by molar-refractivity contribution is -0.0640. The standard InChI is InChI=1S/C30H33F2N7O14P2S/c1-14(2)48-30(42)49-16-5-3-15(4-6-16)11-56-55(45)47-9-17-20(31)24(28(50-17)39-13-36-22-25(33)34-12-35-26(22)39)52-54(43,44)46-10-18-23(53-55)21(32)27(51-18)38-8-7-19(40)37-29(38)41/h3-8,12-14,17-18,20-21,23-24,27-28H,9-11H2,1-2H3,(H,43,44)(H2,33,34,35)(H,37,40,41)/t17-,18-,20-,21-,23-,24-,27-,28-,55?/m1/s1. The zero-order valence-electron chi connectivity index (χ0n) is 29.1. The molecule has 3 saturated heterocycles. The Bertz CT molecular complexity index is 2300. The Labute approximate surface area is 317 Å². The van der Waals surface area contributed by atoms with Crippen LogP contribution in [-0.2, 0) is 47.2 Å². The van der Waals surface area contributed by atoms with Crippen LogP contribution in [0.15, 0.2) is 58.8 Å². The van der Waals surface area contributed by atoms with Crippen molar-refractivity contribution in [2.24, 2.45) is 0 Å². The number of hydrogen-bond donors (Lipinski definition) is 3. The molecule has 3 fully saturated rings. The van der Waals surface area contributed by atoms with Gasteiger partial charge in [-0.3, -0.25) is 37.0 Å². The lowest BCUT2D eigenvalue weighted by Gasteiger charge is -2.27. The van der Waals surface area contributed by atoms with E-state index in [2.05, 4.69) is 15.0 Å². The van der Waals surface area contributed by atoms with Crippen LogP contribution in [0.5, 0.6) is 5.75 Å². The predicted molar refractivity (Wildman–Crippen MR) is 188 cm³/mol. The van der Waals surface area contributed by atoms with Crippen molar-refractivity contribution >= 4 is 49.1 Å². The third kappa shape index (κ3) is 8.59. The molecule has 6 heterocycles. The highest BCUT2D eigenvalue weighted by molar-refractivity contribution is 8.54. The summed E-state index contributed by atoms with van der Waals surface area (Å²) in [4.78, 5) is 61.1. The third-order valence-electron chi connectivity index (χ3n) is 8.47. The average molecular weight is 848 g/mol. The first-order valence-corrected chi connectivity index (χ1v) is 21.3. The number of alkyl halides is 2. The number of H-pyrrole nitrogens is 1. The molecule has 2 bridgehead atoms. The van der Waals surface area contributed by atoms with Gasteiger partial charge in [0.15, 0.2) is 36.3 Å². The number of rotatable bonds is 7. The Hall–Kier alpha value is -4.09. The van der Waals surface area contributed by atoms with Crippen molar-refractivity contribution in [1.29, 1.82) is 0 Å². The van der Waals surface area contributed by atoms with Crippen molar-refractivity contribution in [3.63, 3.8) is 0 Å². The van der Waals surface area contributed by atoms with Gasteiger partial charge in [0.1, 0.15) is 42.0 Å². The van der Waals surface area contributed by atoms with Crippen molar-refractivity contribution in [1.82, 2.24) is 29.1 Å². The van der Waals surface area contributed by atoms with Gasteiger partial charge in [-0.1, -0.05) is 12.1 Å². The summed E-state index contributed by atoms with van der Waals surface area (Å²) in [6.07, 6.45) is -13.2. The van der Waals surface area contributed by atoms with Gasteiger partial charge < -0.3 is 29.6 Å². The van der Waals surface area contributed by atoms with Crippen LogP contribution in [0.25, 0.3) is 11.2 Å². The Morgan fingerprint density at radius 2 is 1.73 bits per heavy atom. The maximum atomic E-state index is 16.3. The minimum Gasteiger partial charge on any atom is -0.431 e. The summed E-state index contributed by atoms with van der Waals surface area (Å²) < 4.78 is 106. The number of imidazole rings is 1. The first-order valence-electron chi connectivity index (χ1n) is 16.6. The Morgan fingerprint density at radius 1 is 1.00 bits per heavy atom. The van der Waals surface area contributed by atoms with Gasteiger partial charge in [-0.05, 0) is 42.9 Å². The molecule has 0 aliphatic carbocycles. The normalized spacial score (nSPS) is 32.3. The Kier molecular flexibility index (Phi) is 11.5. The van der Waals surface area contributed by atoms with Gasteiger partial charge in [0.05, 0.1) is 25.6 Å². The second-order valence-electron chi connectivity index (χ2n) is 12.7. The van der Waals surface area contributed by atoms with Gasteiger partial charge in [-0.2, -0.15) is 0 Å². The highest BCUT2D eigenvalue weighted by Gasteiger charge is 2.55. The molecule has 1 aromatic carbocycles. The van der Waals surface area contributed by atoms with E-state index in [1.165, 1.54) is 35.2 Å². The number of hydrogen-bond acceptors (Lipinski definition) is 18. The molecule has 4 aromatic rings. The fraction of sp³-hybridized carbons (Fsp3) is 0.467. The summed E-state index contributed by atoms with van der Waals surface area (Å²) in [5, 5.41) is 0. The van der Waals surface area contributed by atoms with Crippen molar-refractivity contribution in [3.8, 4) is 5.75 Å². The van der Waals surface area contributed by atoms with Crippen LogP contribution in [0.4, 0.5) is 19.4 Å². The second kappa shape index (κ2) is 16.0. The second-order valence-corrected chi connectivity index (χ2v) is 18.1. The highest BCUT2D eigenvalue weighted by Crippen LogP contribution is 2.64. The smallest absolute Gasteiger partial charge is 0.431 e. The van der Waals surface area contributed by atoms with Gasteiger partial charge >= 0.3 is 26.5 Å². The molecule has 0 spiro atoms. The number of benzene rings is 1. The zero-order valence-corrected chi connectivity index (χ0v) is 31.7. The van der Waals surface area contributed by atoms with Crippen LogP contribution in [0.2, 0.25) is 0 Å². The molecule has 10 atom stereocenters. The molecule has 3 aliphatic heterocycles. The minimum absolute atomic E-state index is 0.0233. The number of fused-ring (bicyclic) bond motifs is 4. The monoisotopic (exact) mass is 847 g/mol. The molecular formula is C30H33F2N7O14P2S. The van der Waals surface area contributed by atoms with E-state index < -0.39 is 101 Å². The molecule has 3 aliphatic rings. The zero-order chi connectivity index (χ0) is 39.9. The molecule has 56 heavy (non-hydrogen) atoms. The maximum absolute atomic E-state index is 16.3. The first kappa shape index (κ1) is 40.1. The molecule has 21 nitrogen and oxygen atoms in total. The van der Waals surface area contributed by atoms with Crippen molar-refractivity contribution in [3.05, 3.63) is 75.6 Å². The molecule has 2 unspecified atom stereocenters. The highest BCUT2D eigenvalue weighted by atomic mass is 32.7. The number of phosphoric ester groups is 1. The minimum atomic E-state index is -5.27. The van der Waals surface area contributed by atoms with Crippen molar-refractivity contribution in [2.75, 3.05) is 18.9 Å². The van der Waals surface area contributed by atoms with Gasteiger partial charge in [0.25, 0.3) is 5.56 Å². The topological polar surface area (TPSA) is 270 Å². The number of nitrogens with zero attached hydrogens (tertiary/aromatic N) is 5. The maximum Gasteiger partial charge on any atom is 0.514 e. The number of carbonyl (C=O) groups excluding carboxylic acids is 1. The molecule has 4 N–H and O–H groups in total. The fourth-order valence-electron chi connectivity index (χ4n) is 5.91. The number of ether oxygens (including phenoxy) is 4. The van der Waals surface area contributed by atoms with Gasteiger partial charge in [0.2, 0.25) is 0 Å². The predicted octanol–water partition coefficient (Wildman–Crippen LogP) is 3.31. The number of phosphoric acid groups is 1. The van der Waals surface area contributed by atoms with Crippen LogP contribution >= 0.6 is 26.0 Å². The number of anilines is 1. The molecule has 0 amide bonds. The molecular weight excluding hydrogens is 814 g/mol. The van der Waals surface area contributed by atoms with Crippen molar-refractivity contribution in [2.45, 2.75) is 74.9 Å². The summed E-state index contributed by atoms with van der Waals surface area (Å²) in [5.74, 6) is -0.0139. The van der Waals surface area contributed by atoms with Crippen LogP contribution in [-0.4, -0.2) is 96.2 Å². The van der Waals surface area contributed by atoms with E-state index in [1.807, 2.05) is 4.98 Å². The van der Waals surface area contributed by atoms with Crippen LogP contribution in [0.1, 0.15) is 31.9 Å². The van der Waals surface area contributed by atoms with E-state index in [1.54, 1.807) is 13.8 Å². The molecule has 302 valence electrons. The van der Waals surface area contributed by atoms with Crippen LogP contribution in [0, 0.1) is 0 Å². The molecule has 3 aromatic heterocycles. The number of nitrogens with two attached hydrogens (primary N) is 1. The lowest BCUT2D eigenvalue weighted by atomic mass is 10.1. The summed E-state index contributed by atoms with van der Waals surface area (Å²) >= 11 is 0.559. The van der Waals surface area contributed by atoms with E-state index in [0.717, 1.165) is 18.6 Å². The molecule has 26 heteroatoms. The van der Waals surface area contributed by atoms with E-state index >= 15 is 8.78 Å². The number of nitrogens with one attached hydrogen (secondary N) is 1. The number of carbonyl (C=O) groups is 1. The molecule has 0 radical (unpaired) electrons. The van der Waals surface area contributed by atoms with E-state index in [4.69, 9.17) is 42.8 Å². The summed E-state index contributed by atoms with van der Waals surface area (Å²) in [6, 6.07) is 6.86. The van der Waals surface area contributed by atoms with E-state index in [9.17, 15) is 28.4 Å². The third-order valence-corrected chi connectivity index (χ3v) is 13.1. The Balaban J connectivity index is 1.19. The lowest BCUT2D eigenvalue weighted by Crippen LogP contribution is -2.36. The molecule has 0 saturated carbocycles. The summed E-state index contributed by atoms with van der Waals surface area (Å²) in [7, 11) is -5.27. The number of halogens is 2. The SMILES string of the molecule is CC(C)OC(=O)Oc1ccc(CSP2(=O)OC[C@H]3O[C@@H](n4cnc5c(N)ncnc54)[C@H](OP(=O)(O)OC[C@H]4O[C@@H](n5ccc(=O)[nH]c5=O)[C@H](F)[C@@H]4O2)[C@@H]3F)cc1. The van der Waals surface area contributed by atoms with E-state index in [0.29, 0.717) is 21.5 Å². The quantitative estimate of drug-likeness (QED) is 0.137. The van der Waals surface area contributed by atoms with Gasteiger partial charge in [-0.15, -0.1) is 0 Å². The van der Waals surface area contributed by atoms with Gasteiger partial charge in [0, 0.05) is 18.0 Å². The fourth-order valence-corrected chi connectivity index (χ4v) is 10.2. The number of aromatic nitrogens is 6. The molecule has 7 rings (SSSR count). The number of nitrogen functional groups attached to an aromatic ring is 1. The van der Waals surface area contributed by atoms with Crippen LogP contribution < -0.4 is 21.7 Å². The summed E-state index contributed by atoms with van der Waals surface area (Å²) in [6.45, 7) is -3.15. The Morgan fingerprint density at radius 3 is 2.46 bits per heavy atom.